The molecular weight excluding hydrogens is 330 g/mol. The molecule has 0 bridgehead atoms. The molecule has 0 amide bonds. The van der Waals surface area contributed by atoms with E-state index in [1.54, 1.807) is 12.4 Å². The fourth-order valence-electron chi connectivity index (χ4n) is 2.56. The molecule has 0 radical (unpaired) electrons. The molecule has 0 unspecified atom stereocenters. The molecule has 110 valence electrons. The third-order valence-corrected chi connectivity index (χ3v) is 4.63. The number of nitrogens with two attached hydrogens (primary N) is 1. The van der Waals surface area contributed by atoms with Gasteiger partial charge in [-0.2, -0.15) is 0 Å². The van der Waals surface area contributed by atoms with Gasteiger partial charge in [-0.3, -0.25) is 4.98 Å². The summed E-state index contributed by atoms with van der Waals surface area (Å²) in [4.78, 5) is 13.2. The molecule has 1 aliphatic heterocycles. The van der Waals surface area contributed by atoms with Crippen LogP contribution in [0.2, 0.25) is 0 Å². The first-order valence-corrected chi connectivity index (χ1v) is 7.76. The average molecular weight is 348 g/mol. The second-order valence-electron chi connectivity index (χ2n) is 5.20. The number of anilines is 3. The molecule has 6 heteroatoms. The highest BCUT2D eigenvalue weighted by Crippen LogP contribution is 2.25. The maximum absolute atomic E-state index is 6.00. The predicted octanol–water partition coefficient (Wildman–Crippen LogP) is 2.46. The van der Waals surface area contributed by atoms with Gasteiger partial charge in [-0.15, -0.1) is 0 Å². The highest BCUT2D eigenvalue weighted by atomic mass is 79.9. The Morgan fingerprint density at radius 3 is 2.52 bits per heavy atom. The van der Waals surface area contributed by atoms with Crippen LogP contribution in [0.3, 0.4) is 0 Å². The molecule has 1 fully saturated rings. The lowest BCUT2D eigenvalue weighted by Crippen LogP contribution is -2.47. The van der Waals surface area contributed by atoms with Crippen molar-refractivity contribution in [2.75, 3.05) is 41.7 Å². The molecule has 2 N–H and O–H groups in total. The summed E-state index contributed by atoms with van der Waals surface area (Å²) >= 11 is 3.49. The molecule has 0 spiro atoms. The molecular formula is C15H18BrN5. The number of aromatic nitrogens is 2. The van der Waals surface area contributed by atoms with E-state index in [1.807, 2.05) is 12.3 Å². The summed E-state index contributed by atoms with van der Waals surface area (Å²) in [6.45, 7) is 5.84. The molecule has 2 aromatic heterocycles. The van der Waals surface area contributed by atoms with Gasteiger partial charge in [0.25, 0.3) is 0 Å². The molecule has 0 aromatic carbocycles. The molecule has 5 nitrogen and oxygen atoms in total. The summed E-state index contributed by atoms with van der Waals surface area (Å²) in [5, 5.41) is 0. The first-order chi connectivity index (χ1) is 10.1. The van der Waals surface area contributed by atoms with Gasteiger partial charge in [-0.05, 0) is 40.5 Å². The van der Waals surface area contributed by atoms with Crippen LogP contribution in [-0.4, -0.2) is 36.1 Å². The van der Waals surface area contributed by atoms with Gasteiger partial charge < -0.3 is 15.5 Å². The average Bonchev–Trinajstić information content (AvgIpc) is 2.51. The van der Waals surface area contributed by atoms with Crippen LogP contribution < -0.4 is 15.5 Å². The lowest BCUT2D eigenvalue weighted by molar-refractivity contribution is 0.647. The Morgan fingerprint density at radius 2 is 1.86 bits per heavy atom. The molecule has 3 heterocycles. The second-order valence-corrected chi connectivity index (χ2v) is 6.05. The van der Waals surface area contributed by atoms with E-state index in [0.717, 1.165) is 47.8 Å². The molecule has 0 aliphatic carbocycles. The van der Waals surface area contributed by atoms with E-state index < -0.39 is 0 Å². The van der Waals surface area contributed by atoms with Crippen LogP contribution in [0.5, 0.6) is 0 Å². The molecule has 2 aromatic rings. The third kappa shape index (κ3) is 2.95. The van der Waals surface area contributed by atoms with E-state index in [-0.39, 0.29) is 0 Å². The van der Waals surface area contributed by atoms with Crippen molar-refractivity contribution in [1.82, 2.24) is 9.97 Å². The van der Waals surface area contributed by atoms with Crippen LogP contribution in [0, 0.1) is 6.92 Å². The van der Waals surface area contributed by atoms with E-state index >= 15 is 0 Å². The van der Waals surface area contributed by atoms with Gasteiger partial charge in [0.15, 0.2) is 0 Å². The van der Waals surface area contributed by atoms with Gasteiger partial charge in [-0.1, -0.05) is 0 Å². The molecule has 3 rings (SSSR count). The minimum atomic E-state index is 0.739. The first kappa shape index (κ1) is 14.1. The Kier molecular flexibility index (Phi) is 3.96. The zero-order valence-corrected chi connectivity index (χ0v) is 13.5. The quantitative estimate of drug-likeness (QED) is 0.904. The molecule has 21 heavy (non-hydrogen) atoms. The Bertz CT molecular complexity index is 638. The lowest BCUT2D eigenvalue weighted by Gasteiger charge is -2.37. The summed E-state index contributed by atoms with van der Waals surface area (Å²) in [5.74, 6) is 1.04. The van der Waals surface area contributed by atoms with Crippen molar-refractivity contribution in [2.24, 2.45) is 0 Å². The Balaban J connectivity index is 1.70. The van der Waals surface area contributed by atoms with Gasteiger partial charge in [0.1, 0.15) is 5.82 Å². The Morgan fingerprint density at radius 1 is 1.14 bits per heavy atom. The lowest BCUT2D eigenvalue weighted by atomic mass is 10.2. The number of nitrogen functional groups attached to an aromatic ring is 1. The smallest absolute Gasteiger partial charge is 0.128 e. The third-order valence-electron chi connectivity index (χ3n) is 3.80. The number of nitrogens with zero attached hydrogens (tertiary/aromatic N) is 4. The number of pyridine rings is 2. The summed E-state index contributed by atoms with van der Waals surface area (Å²) in [6.07, 6.45) is 5.37. The minimum Gasteiger partial charge on any atom is -0.396 e. The van der Waals surface area contributed by atoms with Crippen LogP contribution in [0.25, 0.3) is 0 Å². The van der Waals surface area contributed by atoms with Crippen molar-refractivity contribution in [3.05, 3.63) is 40.8 Å². The van der Waals surface area contributed by atoms with Gasteiger partial charge in [-0.25, -0.2) is 4.98 Å². The number of aryl methyl sites for hydroxylation is 1. The first-order valence-electron chi connectivity index (χ1n) is 6.96. The predicted molar refractivity (Wildman–Crippen MR) is 89.7 cm³/mol. The van der Waals surface area contributed by atoms with Crippen molar-refractivity contribution in [3.63, 3.8) is 0 Å². The zero-order valence-electron chi connectivity index (χ0n) is 12.0. The van der Waals surface area contributed by atoms with Crippen molar-refractivity contribution in [2.45, 2.75) is 6.92 Å². The minimum absolute atomic E-state index is 0.739. The maximum Gasteiger partial charge on any atom is 0.128 e. The normalized spacial score (nSPS) is 15.3. The van der Waals surface area contributed by atoms with Crippen LogP contribution in [0.1, 0.15) is 5.56 Å². The van der Waals surface area contributed by atoms with E-state index in [9.17, 15) is 0 Å². The number of rotatable bonds is 2. The van der Waals surface area contributed by atoms with Crippen LogP contribution >= 0.6 is 15.9 Å². The summed E-state index contributed by atoms with van der Waals surface area (Å²) in [6, 6.07) is 4.10. The summed E-state index contributed by atoms with van der Waals surface area (Å²) in [5.41, 5.74) is 9.02. The van der Waals surface area contributed by atoms with Gasteiger partial charge in [0.2, 0.25) is 0 Å². The van der Waals surface area contributed by atoms with E-state index in [1.165, 1.54) is 5.56 Å². The summed E-state index contributed by atoms with van der Waals surface area (Å²) < 4.78 is 1.05. The monoisotopic (exact) mass is 347 g/mol. The SMILES string of the molecule is Cc1cc(N2CCN(c3ccncc3N)CC2)ncc1Br. The van der Waals surface area contributed by atoms with Crippen molar-refractivity contribution in [3.8, 4) is 0 Å². The number of hydrogen-bond donors (Lipinski definition) is 1. The highest BCUT2D eigenvalue weighted by molar-refractivity contribution is 9.10. The number of hydrogen-bond acceptors (Lipinski definition) is 5. The van der Waals surface area contributed by atoms with Gasteiger partial charge in [0.05, 0.1) is 17.6 Å². The van der Waals surface area contributed by atoms with Crippen molar-refractivity contribution in [1.29, 1.82) is 0 Å². The van der Waals surface area contributed by atoms with E-state index in [2.05, 4.69) is 48.7 Å². The Hall–Kier alpha value is -1.82. The van der Waals surface area contributed by atoms with Gasteiger partial charge in [0, 0.05) is 43.0 Å². The topological polar surface area (TPSA) is 58.3 Å². The summed E-state index contributed by atoms with van der Waals surface area (Å²) in [7, 11) is 0. The fourth-order valence-corrected chi connectivity index (χ4v) is 2.78. The Labute approximate surface area is 132 Å². The molecule has 0 atom stereocenters. The number of piperazine rings is 1. The van der Waals surface area contributed by atoms with Crippen molar-refractivity contribution >= 4 is 33.1 Å². The standard InChI is InChI=1S/C15H18BrN5/c1-11-8-15(19-9-12(11)16)21-6-4-20(5-7-21)14-2-3-18-10-13(14)17/h2-3,8-10H,4-7,17H2,1H3. The van der Waals surface area contributed by atoms with Crippen LogP contribution in [-0.2, 0) is 0 Å². The number of halogens is 1. The molecule has 1 saturated heterocycles. The van der Waals surface area contributed by atoms with Crippen LogP contribution in [0.15, 0.2) is 35.2 Å². The highest BCUT2D eigenvalue weighted by Gasteiger charge is 2.19. The van der Waals surface area contributed by atoms with E-state index in [4.69, 9.17) is 5.73 Å². The van der Waals surface area contributed by atoms with Crippen LogP contribution in [0.4, 0.5) is 17.2 Å². The zero-order chi connectivity index (χ0) is 14.8. The largest absolute Gasteiger partial charge is 0.396 e. The fraction of sp³-hybridized carbons (Fsp3) is 0.333. The van der Waals surface area contributed by atoms with Crippen molar-refractivity contribution < 1.29 is 0 Å². The van der Waals surface area contributed by atoms with Gasteiger partial charge >= 0.3 is 0 Å². The second kappa shape index (κ2) is 5.89. The molecule has 1 aliphatic rings. The van der Waals surface area contributed by atoms with E-state index in [0.29, 0.717) is 0 Å². The molecule has 0 saturated carbocycles. The maximum atomic E-state index is 6.00.